The van der Waals surface area contributed by atoms with Crippen molar-refractivity contribution in [1.29, 1.82) is 0 Å². The quantitative estimate of drug-likeness (QED) is 0.810. The monoisotopic (exact) mass is 374 g/mol. The van der Waals surface area contributed by atoms with Gasteiger partial charge < -0.3 is 20.1 Å². The van der Waals surface area contributed by atoms with Gasteiger partial charge in [-0.25, -0.2) is 0 Å². The van der Waals surface area contributed by atoms with Crippen molar-refractivity contribution < 1.29 is 19.1 Å². The van der Waals surface area contributed by atoms with Gasteiger partial charge in [0.2, 0.25) is 11.8 Å². The Labute approximate surface area is 156 Å². The summed E-state index contributed by atoms with van der Waals surface area (Å²) in [6, 6.07) is 12.3. The first-order valence-electron chi connectivity index (χ1n) is 8.11. The first-order chi connectivity index (χ1) is 12.5. The van der Waals surface area contributed by atoms with E-state index in [1.54, 1.807) is 24.3 Å². The highest BCUT2D eigenvalue weighted by atomic mass is 35.5. The number of anilines is 2. The number of carbonyl (C=O) groups is 2. The minimum Gasteiger partial charge on any atom is -0.495 e. The molecular weight excluding hydrogens is 356 g/mol. The molecule has 1 aliphatic carbocycles. The molecule has 0 saturated heterocycles. The average molecular weight is 375 g/mol. The molecular formula is C19H19ClN2O4. The summed E-state index contributed by atoms with van der Waals surface area (Å²) in [5, 5.41) is 5.99. The molecule has 0 heterocycles. The predicted molar refractivity (Wildman–Crippen MR) is 99.9 cm³/mol. The summed E-state index contributed by atoms with van der Waals surface area (Å²) in [6.45, 7) is 0. The minimum atomic E-state index is -0.370. The van der Waals surface area contributed by atoms with Crippen LogP contribution in [0, 0.1) is 11.8 Å². The van der Waals surface area contributed by atoms with Crippen LogP contribution in [0.25, 0.3) is 0 Å². The van der Waals surface area contributed by atoms with Crippen LogP contribution in [0.3, 0.4) is 0 Å². The smallest absolute Gasteiger partial charge is 0.228 e. The van der Waals surface area contributed by atoms with Crippen molar-refractivity contribution in [3.05, 3.63) is 47.5 Å². The van der Waals surface area contributed by atoms with E-state index in [2.05, 4.69) is 10.6 Å². The second-order valence-electron chi connectivity index (χ2n) is 5.98. The van der Waals surface area contributed by atoms with E-state index in [0.29, 0.717) is 34.3 Å². The zero-order valence-corrected chi connectivity index (χ0v) is 15.2. The van der Waals surface area contributed by atoms with E-state index < -0.39 is 0 Å². The van der Waals surface area contributed by atoms with Crippen molar-refractivity contribution in [2.75, 3.05) is 24.9 Å². The molecule has 2 amide bonds. The topological polar surface area (TPSA) is 76.7 Å². The Morgan fingerprint density at radius 1 is 0.962 bits per heavy atom. The number of para-hydroxylation sites is 1. The Kier molecular flexibility index (Phi) is 5.32. The molecule has 2 atom stereocenters. The summed E-state index contributed by atoms with van der Waals surface area (Å²) < 4.78 is 10.4. The summed E-state index contributed by atoms with van der Waals surface area (Å²) in [7, 11) is 2.98. The number of methoxy groups -OCH3 is 2. The van der Waals surface area contributed by atoms with Gasteiger partial charge in [-0.15, -0.1) is 0 Å². The maximum Gasteiger partial charge on any atom is 0.228 e. The molecule has 1 fully saturated rings. The molecule has 1 aliphatic rings. The van der Waals surface area contributed by atoms with Gasteiger partial charge in [0.1, 0.15) is 11.5 Å². The Morgan fingerprint density at radius 3 is 2.19 bits per heavy atom. The summed E-state index contributed by atoms with van der Waals surface area (Å²) in [5.41, 5.74) is 1.17. The summed E-state index contributed by atoms with van der Waals surface area (Å²) in [4.78, 5) is 24.7. The first-order valence-corrected chi connectivity index (χ1v) is 8.49. The summed E-state index contributed by atoms with van der Waals surface area (Å²) in [6.07, 6.45) is 0.511. The fourth-order valence-corrected chi connectivity index (χ4v) is 2.95. The van der Waals surface area contributed by atoms with E-state index in [9.17, 15) is 9.59 Å². The summed E-state index contributed by atoms with van der Waals surface area (Å²) >= 11 is 6.06. The van der Waals surface area contributed by atoms with E-state index >= 15 is 0 Å². The van der Waals surface area contributed by atoms with Gasteiger partial charge in [0.05, 0.1) is 36.8 Å². The molecule has 2 aromatic carbocycles. The maximum absolute atomic E-state index is 12.5. The molecule has 2 N–H and O–H groups in total. The SMILES string of the molecule is COc1cc(NC(=O)C2CC2C(=O)Nc2ccccc2)c(OC)cc1Cl. The number of hydrogen-bond acceptors (Lipinski definition) is 4. The van der Waals surface area contributed by atoms with Gasteiger partial charge in [-0.3, -0.25) is 9.59 Å². The molecule has 136 valence electrons. The van der Waals surface area contributed by atoms with Crippen LogP contribution in [0.1, 0.15) is 6.42 Å². The van der Waals surface area contributed by atoms with E-state index in [1.807, 2.05) is 18.2 Å². The second kappa shape index (κ2) is 7.66. The lowest BCUT2D eigenvalue weighted by Crippen LogP contribution is -2.20. The van der Waals surface area contributed by atoms with Gasteiger partial charge in [0.25, 0.3) is 0 Å². The lowest BCUT2D eigenvalue weighted by atomic mass is 10.2. The average Bonchev–Trinajstić information content (AvgIpc) is 3.44. The Hall–Kier alpha value is -2.73. The fraction of sp³-hybridized carbons (Fsp3) is 0.263. The van der Waals surface area contributed by atoms with Crippen molar-refractivity contribution in [3.8, 4) is 11.5 Å². The third kappa shape index (κ3) is 3.91. The Morgan fingerprint density at radius 2 is 1.58 bits per heavy atom. The third-order valence-electron chi connectivity index (χ3n) is 4.24. The molecule has 0 aliphatic heterocycles. The van der Waals surface area contributed by atoms with Crippen LogP contribution in [0.2, 0.25) is 5.02 Å². The number of ether oxygens (including phenoxy) is 2. The molecule has 3 rings (SSSR count). The first kappa shape index (κ1) is 18.1. The number of rotatable bonds is 6. The molecule has 1 saturated carbocycles. The van der Waals surface area contributed by atoms with Crippen LogP contribution in [0.4, 0.5) is 11.4 Å². The predicted octanol–water partition coefficient (Wildman–Crippen LogP) is 3.57. The highest BCUT2D eigenvalue weighted by Gasteiger charge is 2.48. The van der Waals surface area contributed by atoms with Gasteiger partial charge in [-0.05, 0) is 18.6 Å². The van der Waals surface area contributed by atoms with Crippen LogP contribution < -0.4 is 20.1 Å². The van der Waals surface area contributed by atoms with Gasteiger partial charge in [0.15, 0.2) is 0 Å². The molecule has 0 bridgehead atoms. The van der Waals surface area contributed by atoms with Gasteiger partial charge >= 0.3 is 0 Å². The number of benzene rings is 2. The van der Waals surface area contributed by atoms with Crippen LogP contribution >= 0.6 is 11.6 Å². The van der Waals surface area contributed by atoms with E-state index in [0.717, 1.165) is 0 Å². The lowest BCUT2D eigenvalue weighted by molar-refractivity contribution is -0.122. The molecule has 0 spiro atoms. The molecule has 7 heteroatoms. The van der Waals surface area contributed by atoms with Crippen molar-refractivity contribution >= 4 is 34.8 Å². The molecule has 2 aromatic rings. The normalized spacial score (nSPS) is 18.0. The number of halogens is 1. The van der Waals surface area contributed by atoms with Gasteiger partial charge in [0, 0.05) is 17.8 Å². The third-order valence-corrected chi connectivity index (χ3v) is 4.53. The van der Waals surface area contributed by atoms with E-state index in [4.69, 9.17) is 21.1 Å². The largest absolute Gasteiger partial charge is 0.495 e. The highest BCUT2D eigenvalue weighted by molar-refractivity contribution is 6.32. The number of hydrogen-bond donors (Lipinski definition) is 2. The molecule has 2 unspecified atom stereocenters. The number of nitrogens with one attached hydrogen (secondary N) is 2. The molecule has 6 nitrogen and oxygen atoms in total. The standard InChI is InChI=1S/C19H19ClN2O4/c1-25-16-10-15(17(26-2)9-14(16)20)22-19(24)13-8-12(13)18(23)21-11-6-4-3-5-7-11/h3-7,9-10,12-13H,8H2,1-2H3,(H,21,23)(H,22,24). The van der Waals surface area contributed by atoms with Crippen LogP contribution in [0.5, 0.6) is 11.5 Å². The van der Waals surface area contributed by atoms with Crippen molar-refractivity contribution in [2.24, 2.45) is 11.8 Å². The second-order valence-corrected chi connectivity index (χ2v) is 6.39. The van der Waals surface area contributed by atoms with E-state index in [1.165, 1.54) is 14.2 Å². The fourth-order valence-electron chi connectivity index (χ4n) is 2.71. The maximum atomic E-state index is 12.5. The Balaban J connectivity index is 1.64. The number of carbonyl (C=O) groups excluding carboxylic acids is 2. The van der Waals surface area contributed by atoms with Crippen molar-refractivity contribution in [1.82, 2.24) is 0 Å². The summed E-state index contributed by atoms with van der Waals surface area (Å²) in [5.74, 6) is -0.245. The number of amides is 2. The zero-order chi connectivity index (χ0) is 18.7. The van der Waals surface area contributed by atoms with Gasteiger partial charge in [-0.1, -0.05) is 29.8 Å². The zero-order valence-electron chi connectivity index (χ0n) is 14.4. The van der Waals surface area contributed by atoms with Crippen LogP contribution in [-0.2, 0) is 9.59 Å². The van der Waals surface area contributed by atoms with Gasteiger partial charge in [-0.2, -0.15) is 0 Å². The minimum absolute atomic E-state index is 0.156. The molecule has 0 radical (unpaired) electrons. The molecule has 26 heavy (non-hydrogen) atoms. The van der Waals surface area contributed by atoms with Crippen LogP contribution in [0.15, 0.2) is 42.5 Å². The highest BCUT2D eigenvalue weighted by Crippen LogP contribution is 2.42. The van der Waals surface area contributed by atoms with Crippen molar-refractivity contribution in [2.45, 2.75) is 6.42 Å². The van der Waals surface area contributed by atoms with Crippen molar-refractivity contribution in [3.63, 3.8) is 0 Å². The lowest BCUT2D eigenvalue weighted by Gasteiger charge is -2.13. The van der Waals surface area contributed by atoms with Crippen LogP contribution in [-0.4, -0.2) is 26.0 Å². The molecule has 0 aromatic heterocycles. The Bertz CT molecular complexity index is 826. The van der Waals surface area contributed by atoms with E-state index in [-0.39, 0.29) is 23.7 Å².